The minimum absolute atomic E-state index is 0.188. The van der Waals surface area contributed by atoms with E-state index in [1.165, 1.54) is 15.9 Å². The van der Waals surface area contributed by atoms with Crippen molar-refractivity contribution in [2.75, 3.05) is 11.9 Å². The summed E-state index contributed by atoms with van der Waals surface area (Å²) in [5, 5.41) is 11.2. The Morgan fingerprint density at radius 3 is 2.93 bits per heavy atom. The van der Waals surface area contributed by atoms with Crippen molar-refractivity contribution in [1.29, 1.82) is 0 Å². The second-order valence-corrected chi connectivity index (χ2v) is 6.70. The first-order chi connectivity index (χ1) is 13.2. The monoisotopic (exact) mass is 377 g/mol. The maximum atomic E-state index is 12.6. The lowest BCUT2D eigenvalue weighted by atomic mass is 10.2. The van der Waals surface area contributed by atoms with Crippen LogP contribution in [0.3, 0.4) is 0 Å². The number of aromatic nitrogens is 3. The molecule has 2 aromatic heterocycles. The molecule has 0 radical (unpaired) electrons. The van der Waals surface area contributed by atoms with Gasteiger partial charge in [0.1, 0.15) is 0 Å². The van der Waals surface area contributed by atoms with Crippen LogP contribution in [0.25, 0.3) is 15.9 Å². The maximum Gasteiger partial charge on any atom is 0.283 e. The van der Waals surface area contributed by atoms with Gasteiger partial charge in [-0.2, -0.15) is 4.52 Å². The van der Waals surface area contributed by atoms with Crippen LogP contribution in [0.2, 0.25) is 0 Å². The summed E-state index contributed by atoms with van der Waals surface area (Å²) in [7, 11) is 0. The van der Waals surface area contributed by atoms with Crippen molar-refractivity contribution in [3.63, 3.8) is 0 Å². The van der Waals surface area contributed by atoms with Crippen molar-refractivity contribution in [2.45, 2.75) is 0 Å². The standard InChI is InChI=1S/C19H15N5O2S/c1-2-10-20-16(25)12-6-5-7-13(11-12)21-18-23-24-17(26)14-8-3-4-9-15(14)22-19(24)27-18/h2-9,11H,1,10H2,(H,20,25)(H,21,23). The molecule has 0 aliphatic rings. The van der Waals surface area contributed by atoms with Crippen LogP contribution in [0.1, 0.15) is 10.4 Å². The van der Waals surface area contributed by atoms with Gasteiger partial charge in [0.25, 0.3) is 11.5 Å². The molecule has 4 rings (SSSR count). The lowest BCUT2D eigenvalue weighted by Gasteiger charge is -2.05. The Labute approximate surface area is 158 Å². The number of amides is 1. The Morgan fingerprint density at radius 1 is 1.22 bits per heavy atom. The zero-order chi connectivity index (χ0) is 18.8. The molecule has 0 saturated carbocycles. The van der Waals surface area contributed by atoms with Crippen LogP contribution in [-0.4, -0.2) is 27.0 Å². The van der Waals surface area contributed by atoms with Crippen molar-refractivity contribution in [1.82, 2.24) is 19.9 Å². The smallest absolute Gasteiger partial charge is 0.283 e. The predicted molar refractivity (Wildman–Crippen MR) is 107 cm³/mol. The van der Waals surface area contributed by atoms with Gasteiger partial charge < -0.3 is 10.6 Å². The van der Waals surface area contributed by atoms with E-state index < -0.39 is 0 Å². The number of hydrogen-bond donors (Lipinski definition) is 2. The van der Waals surface area contributed by atoms with E-state index in [1.807, 2.05) is 12.1 Å². The van der Waals surface area contributed by atoms with Gasteiger partial charge in [-0.1, -0.05) is 35.6 Å². The van der Waals surface area contributed by atoms with Crippen LogP contribution in [-0.2, 0) is 0 Å². The second-order valence-electron chi connectivity index (χ2n) is 5.74. The molecule has 1 amide bonds. The number of carbonyl (C=O) groups is 1. The summed E-state index contributed by atoms with van der Waals surface area (Å²) in [4.78, 5) is 29.6. The van der Waals surface area contributed by atoms with E-state index >= 15 is 0 Å². The summed E-state index contributed by atoms with van der Waals surface area (Å²) in [5.41, 5.74) is 1.64. The molecule has 4 aromatic rings. The normalized spacial score (nSPS) is 10.8. The third-order valence-corrected chi connectivity index (χ3v) is 4.71. The summed E-state index contributed by atoms with van der Waals surface area (Å²) in [6, 6.07) is 14.2. The van der Waals surface area contributed by atoms with E-state index in [4.69, 9.17) is 0 Å². The van der Waals surface area contributed by atoms with Crippen molar-refractivity contribution in [2.24, 2.45) is 0 Å². The zero-order valence-corrected chi connectivity index (χ0v) is 15.0. The first-order valence-corrected chi connectivity index (χ1v) is 9.02. The highest BCUT2D eigenvalue weighted by molar-refractivity contribution is 7.20. The fourth-order valence-corrected chi connectivity index (χ4v) is 3.45. The van der Waals surface area contributed by atoms with Crippen LogP contribution in [0.4, 0.5) is 10.8 Å². The minimum Gasteiger partial charge on any atom is -0.349 e. The quantitative estimate of drug-likeness (QED) is 0.522. The number of anilines is 2. The molecular weight excluding hydrogens is 362 g/mol. The molecule has 0 atom stereocenters. The highest BCUT2D eigenvalue weighted by atomic mass is 32.1. The molecular formula is C19H15N5O2S. The molecule has 0 unspecified atom stereocenters. The molecule has 0 fully saturated rings. The minimum atomic E-state index is -0.211. The molecule has 2 aromatic carbocycles. The lowest BCUT2D eigenvalue weighted by molar-refractivity contribution is 0.0958. The van der Waals surface area contributed by atoms with Gasteiger partial charge in [0, 0.05) is 17.8 Å². The Balaban J connectivity index is 1.67. The molecule has 0 bridgehead atoms. The Bertz CT molecular complexity index is 1230. The van der Waals surface area contributed by atoms with E-state index in [1.54, 1.807) is 42.5 Å². The molecule has 7 nitrogen and oxygen atoms in total. The molecule has 134 valence electrons. The molecule has 0 aliphatic heterocycles. The van der Waals surface area contributed by atoms with E-state index in [9.17, 15) is 9.59 Å². The molecule has 0 saturated heterocycles. The third kappa shape index (κ3) is 3.30. The van der Waals surface area contributed by atoms with E-state index in [0.29, 0.717) is 38.8 Å². The van der Waals surface area contributed by atoms with Crippen molar-refractivity contribution < 1.29 is 4.79 Å². The van der Waals surface area contributed by atoms with Crippen LogP contribution >= 0.6 is 11.3 Å². The fourth-order valence-electron chi connectivity index (χ4n) is 2.63. The SMILES string of the molecule is C=CCNC(=O)c1cccc(Nc2nn3c(=O)c4ccccc4nc3s2)c1. The zero-order valence-electron chi connectivity index (χ0n) is 14.2. The molecule has 0 spiro atoms. The van der Waals surface area contributed by atoms with Gasteiger partial charge in [-0.25, -0.2) is 4.98 Å². The van der Waals surface area contributed by atoms with Gasteiger partial charge >= 0.3 is 0 Å². The molecule has 2 N–H and O–H groups in total. The third-order valence-electron chi connectivity index (χ3n) is 3.89. The molecule has 0 aliphatic carbocycles. The summed E-state index contributed by atoms with van der Waals surface area (Å²) in [6.45, 7) is 3.98. The van der Waals surface area contributed by atoms with Crippen LogP contribution in [0.5, 0.6) is 0 Å². The fraction of sp³-hybridized carbons (Fsp3) is 0.0526. The number of benzene rings is 2. The number of carbonyl (C=O) groups excluding carboxylic acids is 1. The first-order valence-electron chi connectivity index (χ1n) is 8.20. The number of rotatable bonds is 5. The van der Waals surface area contributed by atoms with Gasteiger partial charge in [-0.15, -0.1) is 11.7 Å². The van der Waals surface area contributed by atoms with Gasteiger partial charge in [0.05, 0.1) is 10.9 Å². The summed E-state index contributed by atoms with van der Waals surface area (Å²) >= 11 is 1.27. The van der Waals surface area contributed by atoms with Gasteiger partial charge in [0.2, 0.25) is 10.1 Å². The Kier molecular flexibility index (Phi) is 4.39. The van der Waals surface area contributed by atoms with Gasteiger partial charge in [-0.05, 0) is 30.3 Å². The topological polar surface area (TPSA) is 88.4 Å². The maximum absolute atomic E-state index is 12.6. The Morgan fingerprint density at radius 2 is 2.07 bits per heavy atom. The molecule has 8 heteroatoms. The number of hydrogen-bond acceptors (Lipinski definition) is 6. The van der Waals surface area contributed by atoms with Gasteiger partial charge in [-0.3, -0.25) is 9.59 Å². The van der Waals surface area contributed by atoms with E-state index in [0.717, 1.165) is 0 Å². The average Bonchev–Trinajstić information content (AvgIpc) is 3.09. The Hall–Kier alpha value is -3.52. The molecule has 2 heterocycles. The van der Waals surface area contributed by atoms with Crippen molar-refractivity contribution in [3.05, 3.63) is 77.1 Å². The van der Waals surface area contributed by atoms with Crippen LogP contribution in [0.15, 0.2) is 66.0 Å². The number of nitrogens with one attached hydrogen (secondary N) is 2. The number of fused-ring (bicyclic) bond motifs is 2. The van der Waals surface area contributed by atoms with E-state index in [-0.39, 0.29) is 11.5 Å². The molecule has 27 heavy (non-hydrogen) atoms. The second kappa shape index (κ2) is 7.00. The van der Waals surface area contributed by atoms with Gasteiger partial charge in [0.15, 0.2) is 0 Å². The number of para-hydroxylation sites is 1. The van der Waals surface area contributed by atoms with Crippen molar-refractivity contribution >= 4 is 43.9 Å². The first kappa shape index (κ1) is 16.9. The predicted octanol–water partition coefficient (Wildman–Crippen LogP) is 2.96. The van der Waals surface area contributed by atoms with Crippen LogP contribution < -0.4 is 16.2 Å². The van der Waals surface area contributed by atoms with Crippen molar-refractivity contribution in [3.8, 4) is 0 Å². The highest BCUT2D eigenvalue weighted by Gasteiger charge is 2.11. The van der Waals surface area contributed by atoms with E-state index in [2.05, 4.69) is 27.3 Å². The van der Waals surface area contributed by atoms with Crippen LogP contribution in [0, 0.1) is 0 Å². The summed E-state index contributed by atoms with van der Waals surface area (Å²) in [6.07, 6.45) is 1.62. The highest BCUT2D eigenvalue weighted by Crippen LogP contribution is 2.23. The summed E-state index contributed by atoms with van der Waals surface area (Å²) in [5.74, 6) is -0.188. The average molecular weight is 377 g/mol. The largest absolute Gasteiger partial charge is 0.349 e. The lowest BCUT2D eigenvalue weighted by Crippen LogP contribution is -2.23. The summed E-state index contributed by atoms with van der Waals surface area (Å²) < 4.78 is 1.29. The number of nitrogens with zero attached hydrogens (tertiary/aromatic N) is 3.